The monoisotopic (exact) mass is 365 g/mol. The number of thioether (sulfide) groups is 1. The Labute approximate surface area is 137 Å². The maximum atomic E-state index is 6.41. The molecular formula is C16H16BrNO2S. The molecule has 3 nitrogen and oxygen atoms in total. The Bertz CT molecular complexity index is 645. The van der Waals surface area contributed by atoms with Crippen LogP contribution in [-0.2, 0) is 0 Å². The Morgan fingerprint density at radius 3 is 2.33 bits per heavy atom. The van der Waals surface area contributed by atoms with Gasteiger partial charge < -0.3 is 15.2 Å². The molecule has 0 saturated heterocycles. The van der Waals surface area contributed by atoms with Gasteiger partial charge in [0, 0.05) is 9.37 Å². The molecule has 0 fully saturated rings. The molecule has 1 unspecified atom stereocenters. The topological polar surface area (TPSA) is 44.5 Å². The number of hydrogen-bond acceptors (Lipinski definition) is 4. The van der Waals surface area contributed by atoms with E-state index in [1.165, 1.54) is 4.90 Å². The maximum absolute atomic E-state index is 6.41. The van der Waals surface area contributed by atoms with Gasteiger partial charge in [0.25, 0.3) is 0 Å². The third-order valence-corrected chi connectivity index (χ3v) is 4.90. The van der Waals surface area contributed by atoms with Crippen molar-refractivity contribution < 1.29 is 9.47 Å². The zero-order valence-corrected chi connectivity index (χ0v) is 14.0. The van der Waals surface area contributed by atoms with Crippen molar-refractivity contribution >= 4 is 27.7 Å². The van der Waals surface area contributed by atoms with Gasteiger partial charge in [0.15, 0.2) is 11.5 Å². The molecule has 21 heavy (non-hydrogen) atoms. The molecule has 3 rings (SSSR count). The summed E-state index contributed by atoms with van der Waals surface area (Å²) in [5.41, 5.74) is 8.48. The van der Waals surface area contributed by atoms with E-state index in [1.54, 1.807) is 11.8 Å². The first-order chi connectivity index (χ1) is 10.2. The highest BCUT2D eigenvalue weighted by Gasteiger charge is 2.19. The molecule has 2 aromatic carbocycles. The number of rotatable bonds is 3. The summed E-state index contributed by atoms with van der Waals surface area (Å²) in [6.45, 7) is 1.16. The average molecular weight is 366 g/mol. The fourth-order valence-electron chi connectivity index (χ4n) is 2.31. The van der Waals surface area contributed by atoms with Crippen LogP contribution in [0.5, 0.6) is 11.5 Å². The summed E-state index contributed by atoms with van der Waals surface area (Å²) < 4.78 is 12.2. The van der Waals surface area contributed by atoms with Gasteiger partial charge in [0.05, 0.1) is 6.04 Å². The van der Waals surface area contributed by atoms with Crippen LogP contribution in [0.3, 0.4) is 0 Å². The highest BCUT2D eigenvalue weighted by molar-refractivity contribution is 9.10. The summed E-state index contributed by atoms with van der Waals surface area (Å²) in [4.78, 5) is 1.23. The Kier molecular flexibility index (Phi) is 4.42. The lowest BCUT2D eigenvalue weighted by atomic mass is 9.99. The first-order valence-electron chi connectivity index (χ1n) is 6.67. The van der Waals surface area contributed by atoms with E-state index in [0.29, 0.717) is 13.2 Å². The van der Waals surface area contributed by atoms with Gasteiger partial charge in [-0.25, -0.2) is 0 Å². The number of fused-ring (bicyclic) bond motifs is 1. The molecule has 1 atom stereocenters. The summed E-state index contributed by atoms with van der Waals surface area (Å²) in [5, 5.41) is 0. The van der Waals surface area contributed by atoms with Crippen LogP contribution in [0.4, 0.5) is 0 Å². The summed E-state index contributed by atoms with van der Waals surface area (Å²) in [7, 11) is 0. The van der Waals surface area contributed by atoms with E-state index < -0.39 is 0 Å². The molecule has 1 aliphatic heterocycles. The molecule has 2 aromatic rings. The van der Waals surface area contributed by atoms with E-state index in [9.17, 15) is 0 Å². The largest absolute Gasteiger partial charge is 0.486 e. The van der Waals surface area contributed by atoms with Gasteiger partial charge >= 0.3 is 0 Å². The van der Waals surface area contributed by atoms with Gasteiger partial charge in [-0.3, -0.25) is 0 Å². The minimum atomic E-state index is -0.203. The van der Waals surface area contributed by atoms with Crippen molar-refractivity contribution in [1.29, 1.82) is 0 Å². The molecule has 0 bridgehead atoms. The van der Waals surface area contributed by atoms with Crippen LogP contribution in [-0.4, -0.2) is 19.5 Å². The van der Waals surface area contributed by atoms with Crippen LogP contribution in [0, 0.1) is 0 Å². The SMILES string of the molecule is CSc1ccc(C(N)c2cc3c(cc2Br)OCCO3)cc1. The van der Waals surface area contributed by atoms with E-state index in [0.717, 1.165) is 27.1 Å². The Balaban J connectivity index is 1.94. The highest BCUT2D eigenvalue weighted by atomic mass is 79.9. The van der Waals surface area contributed by atoms with Crippen LogP contribution < -0.4 is 15.2 Å². The van der Waals surface area contributed by atoms with Gasteiger partial charge in [-0.05, 0) is 41.6 Å². The lowest BCUT2D eigenvalue weighted by Crippen LogP contribution is -2.17. The number of benzene rings is 2. The summed E-state index contributed by atoms with van der Waals surface area (Å²) in [6.07, 6.45) is 2.06. The molecule has 0 aromatic heterocycles. The third-order valence-electron chi connectivity index (χ3n) is 3.47. The average Bonchev–Trinajstić information content (AvgIpc) is 2.53. The summed E-state index contributed by atoms with van der Waals surface area (Å²) in [5.74, 6) is 1.53. The van der Waals surface area contributed by atoms with E-state index in [-0.39, 0.29) is 6.04 Å². The second-order valence-electron chi connectivity index (χ2n) is 4.77. The Hall–Kier alpha value is -1.17. The first kappa shape index (κ1) is 14.8. The molecule has 0 amide bonds. The molecule has 0 radical (unpaired) electrons. The van der Waals surface area contributed by atoms with E-state index in [4.69, 9.17) is 15.2 Å². The van der Waals surface area contributed by atoms with Gasteiger partial charge in [-0.2, -0.15) is 0 Å². The van der Waals surface area contributed by atoms with Crippen LogP contribution in [0.1, 0.15) is 17.2 Å². The van der Waals surface area contributed by atoms with Crippen molar-refractivity contribution in [3.8, 4) is 11.5 Å². The lowest BCUT2D eigenvalue weighted by molar-refractivity contribution is 0.171. The molecular weight excluding hydrogens is 350 g/mol. The predicted octanol–water partition coefficient (Wildman–Crippen LogP) is 3.99. The van der Waals surface area contributed by atoms with Gasteiger partial charge in [-0.1, -0.05) is 28.1 Å². The summed E-state index contributed by atoms with van der Waals surface area (Å²) in [6, 6.07) is 12.0. The second-order valence-corrected chi connectivity index (χ2v) is 6.50. The second kappa shape index (κ2) is 6.30. The first-order valence-corrected chi connectivity index (χ1v) is 8.69. The van der Waals surface area contributed by atoms with Crippen LogP contribution in [0.15, 0.2) is 45.8 Å². The minimum Gasteiger partial charge on any atom is -0.486 e. The highest BCUT2D eigenvalue weighted by Crippen LogP contribution is 2.38. The molecule has 110 valence electrons. The predicted molar refractivity (Wildman–Crippen MR) is 89.4 cm³/mol. The van der Waals surface area contributed by atoms with Crippen molar-refractivity contribution in [3.05, 3.63) is 52.0 Å². The van der Waals surface area contributed by atoms with E-state index >= 15 is 0 Å². The van der Waals surface area contributed by atoms with E-state index in [1.807, 2.05) is 12.1 Å². The number of nitrogens with two attached hydrogens (primary N) is 1. The zero-order chi connectivity index (χ0) is 14.8. The van der Waals surface area contributed by atoms with Gasteiger partial charge in [-0.15, -0.1) is 11.8 Å². The Morgan fingerprint density at radius 2 is 1.71 bits per heavy atom. The van der Waals surface area contributed by atoms with Gasteiger partial charge in [0.2, 0.25) is 0 Å². The minimum absolute atomic E-state index is 0.203. The molecule has 0 saturated carbocycles. The molecule has 5 heteroatoms. The van der Waals surface area contributed by atoms with Crippen molar-refractivity contribution in [1.82, 2.24) is 0 Å². The van der Waals surface area contributed by atoms with Crippen LogP contribution >= 0.6 is 27.7 Å². The van der Waals surface area contributed by atoms with Crippen LogP contribution in [0.2, 0.25) is 0 Å². The molecule has 1 heterocycles. The van der Waals surface area contributed by atoms with Crippen molar-refractivity contribution in [3.63, 3.8) is 0 Å². The smallest absolute Gasteiger partial charge is 0.162 e. The fourth-order valence-corrected chi connectivity index (χ4v) is 3.29. The molecule has 2 N–H and O–H groups in total. The quantitative estimate of drug-likeness (QED) is 0.835. The van der Waals surface area contributed by atoms with Crippen molar-refractivity contribution in [2.75, 3.05) is 19.5 Å². The van der Waals surface area contributed by atoms with Crippen molar-refractivity contribution in [2.24, 2.45) is 5.73 Å². The van der Waals surface area contributed by atoms with E-state index in [2.05, 4.69) is 46.5 Å². The zero-order valence-electron chi connectivity index (χ0n) is 11.6. The standard InChI is InChI=1S/C16H16BrNO2S/c1-21-11-4-2-10(3-5-11)16(18)12-8-14-15(9-13(12)17)20-7-6-19-14/h2-5,8-9,16H,6-7,18H2,1H3. The normalized spacial score (nSPS) is 14.8. The molecule has 0 spiro atoms. The number of hydrogen-bond donors (Lipinski definition) is 1. The van der Waals surface area contributed by atoms with Crippen molar-refractivity contribution in [2.45, 2.75) is 10.9 Å². The fraction of sp³-hybridized carbons (Fsp3) is 0.250. The van der Waals surface area contributed by atoms with Crippen LogP contribution in [0.25, 0.3) is 0 Å². The van der Waals surface area contributed by atoms with Gasteiger partial charge in [0.1, 0.15) is 13.2 Å². The summed E-state index contributed by atoms with van der Waals surface area (Å²) >= 11 is 5.30. The Morgan fingerprint density at radius 1 is 1.10 bits per heavy atom. The lowest BCUT2D eigenvalue weighted by Gasteiger charge is -2.22. The molecule has 1 aliphatic rings. The third kappa shape index (κ3) is 3.05. The maximum Gasteiger partial charge on any atom is 0.162 e. The number of ether oxygens (including phenoxy) is 2. The molecule has 0 aliphatic carbocycles. The number of halogens is 1.